The molecule has 1 heterocycles. The Morgan fingerprint density at radius 2 is 1.92 bits per heavy atom. The fourth-order valence-corrected chi connectivity index (χ4v) is 2.35. The van der Waals surface area contributed by atoms with Gasteiger partial charge < -0.3 is 5.32 Å². The van der Waals surface area contributed by atoms with E-state index in [1.54, 1.807) is 6.07 Å². The van der Waals surface area contributed by atoms with Crippen LogP contribution in [0.2, 0.25) is 0 Å². The van der Waals surface area contributed by atoms with Crippen LogP contribution in [0.1, 0.15) is 5.56 Å². The van der Waals surface area contributed by atoms with E-state index >= 15 is 0 Å². The highest BCUT2D eigenvalue weighted by molar-refractivity contribution is 5.90. The predicted molar refractivity (Wildman–Crippen MR) is 93.7 cm³/mol. The van der Waals surface area contributed by atoms with Gasteiger partial charge in [-0.05, 0) is 25.1 Å². The van der Waals surface area contributed by atoms with Gasteiger partial charge in [0.1, 0.15) is 12.4 Å². The topological polar surface area (TPSA) is 64.0 Å². The van der Waals surface area contributed by atoms with Crippen molar-refractivity contribution in [2.24, 2.45) is 0 Å². The standard InChI is InChI=1S/C19H16FN3O2/c1-13-5-7-14(8-6-13)17-10-19(25)23(12-21-17)11-18(24)22-16-4-2-3-15(20)9-16/h2-10,12H,11H2,1H3,(H,22,24). The molecule has 0 fully saturated rings. The highest BCUT2D eigenvalue weighted by atomic mass is 19.1. The van der Waals surface area contributed by atoms with Crippen molar-refractivity contribution < 1.29 is 9.18 Å². The molecule has 3 aromatic rings. The van der Waals surface area contributed by atoms with E-state index in [9.17, 15) is 14.0 Å². The van der Waals surface area contributed by atoms with Gasteiger partial charge in [0.05, 0.1) is 12.0 Å². The lowest BCUT2D eigenvalue weighted by Gasteiger charge is -2.08. The zero-order valence-corrected chi connectivity index (χ0v) is 13.6. The van der Waals surface area contributed by atoms with Gasteiger partial charge in [-0.25, -0.2) is 9.37 Å². The highest BCUT2D eigenvalue weighted by Crippen LogP contribution is 2.15. The van der Waals surface area contributed by atoms with Crippen LogP contribution in [0.5, 0.6) is 0 Å². The van der Waals surface area contributed by atoms with E-state index in [-0.39, 0.29) is 12.1 Å². The number of nitrogens with one attached hydrogen (secondary N) is 1. The van der Waals surface area contributed by atoms with E-state index in [0.717, 1.165) is 11.1 Å². The Morgan fingerprint density at radius 1 is 1.16 bits per heavy atom. The van der Waals surface area contributed by atoms with Crippen LogP contribution in [-0.2, 0) is 11.3 Å². The van der Waals surface area contributed by atoms with Crippen molar-refractivity contribution >= 4 is 11.6 Å². The van der Waals surface area contributed by atoms with Gasteiger partial charge in [-0.2, -0.15) is 0 Å². The van der Waals surface area contributed by atoms with Crippen LogP contribution in [0.15, 0.2) is 65.7 Å². The average molecular weight is 337 g/mol. The van der Waals surface area contributed by atoms with Gasteiger partial charge in [0.15, 0.2) is 0 Å². The van der Waals surface area contributed by atoms with Gasteiger partial charge in [0.25, 0.3) is 5.56 Å². The molecule has 1 N–H and O–H groups in total. The molecule has 0 aliphatic heterocycles. The SMILES string of the molecule is Cc1ccc(-c2cc(=O)n(CC(=O)Nc3cccc(F)c3)cn2)cc1. The van der Waals surface area contributed by atoms with Crippen molar-refractivity contribution in [1.82, 2.24) is 9.55 Å². The summed E-state index contributed by atoms with van der Waals surface area (Å²) in [6.07, 6.45) is 1.34. The van der Waals surface area contributed by atoms with Crippen molar-refractivity contribution in [2.45, 2.75) is 13.5 Å². The smallest absolute Gasteiger partial charge is 0.254 e. The Balaban J connectivity index is 1.74. The van der Waals surface area contributed by atoms with Gasteiger partial charge in [-0.1, -0.05) is 35.9 Å². The molecule has 0 radical (unpaired) electrons. The number of carbonyl (C=O) groups excluding carboxylic acids is 1. The second kappa shape index (κ2) is 7.09. The highest BCUT2D eigenvalue weighted by Gasteiger charge is 2.08. The van der Waals surface area contributed by atoms with E-state index in [4.69, 9.17) is 0 Å². The molecule has 0 aliphatic rings. The van der Waals surface area contributed by atoms with Crippen LogP contribution in [0.25, 0.3) is 11.3 Å². The lowest BCUT2D eigenvalue weighted by Crippen LogP contribution is -2.27. The third-order valence-corrected chi connectivity index (χ3v) is 3.65. The number of hydrogen-bond acceptors (Lipinski definition) is 3. The van der Waals surface area contributed by atoms with Crippen LogP contribution in [0.3, 0.4) is 0 Å². The minimum absolute atomic E-state index is 0.198. The van der Waals surface area contributed by atoms with Gasteiger partial charge >= 0.3 is 0 Å². The third kappa shape index (κ3) is 4.17. The number of anilines is 1. The van der Waals surface area contributed by atoms with Gasteiger partial charge in [-0.15, -0.1) is 0 Å². The van der Waals surface area contributed by atoms with Gasteiger partial charge in [0, 0.05) is 17.3 Å². The summed E-state index contributed by atoms with van der Waals surface area (Å²) in [7, 11) is 0. The molecule has 25 heavy (non-hydrogen) atoms. The zero-order valence-electron chi connectivity index (χ0n) is 13.6. The minimum atomic E-state index is -0.445. The van der Waals surface area contributed by atoms with E-state index in [1.807, 2.05) is 31.2 Å². The summed E-state index contributed by atoms with van der Waals surface area (Å²) in [5.41, 5.74) is 2.50. The van der Waals surface area contributed by atoms with Gasteiger partial charge in [0.2, 0.25) is 5.91 Å². The van der Waals surface area contributed by atoms with Crippen molar-refractivity contribution in [3.63, 3.8) is 0 Å². The van der Waals surface area contributed by atoms with Crippen LogP contribution in [0, 0.1) is 12.7 Å². The molecular formula is C19H16FN3O2. The Kier molecular flexibility index (Phi) is 4.70. The van der Waals surface area contributed by atoms with Crippen LogP contribution < -0.4 is 10.9 Å². The second-order valence-electron chi connectivity index (χ2n) is 5.66. The number of aryl methyl sites for hydroxylation is 1. The Bertz CT molecular complexity index is 965. The second-order valence-corrected chi connectivity index (χ2v) is 5.66. The quantitative estimate of drug-likeness (QED) is 0.796. The summed E-state index contributed by atoms with van der Waals surface area (Å²) in [5.74, 6) is -0.878. The maximum Gasteiger partial charge on any atom is 0.254 e. The number of amides is 1. The van der Waals surface area contributed by atoms with Gasteiger partial charge in [-0.3, -0.25) is 14.2 Å². The largest absolute Gasteiger partial charge is 0.324 e. The number of aromatic nitrogens is 2. The number of hydrogen-bond donors (Lipinski definition) is 1. The fourth-order valence-electron chi connectivity index (χ4n) is 2.35. The van der Waals surface area contributed by atoms with Crippen molar-refractivity contribution in [1.29, 1.82) is 0 Å². The number of nitrogens with zero attached hydrogens (tertiary/aromatic N) is 2. The normalized spacial score (nSPS) is 10.5. The number of halogens is 1. The van der Waals surface area contributed by atoms with E-state index in [2.05, 4.69) is 10.3 Å². The molecule has 6 heteroatoms. The van der Waals surface area contributed by atoms with Crippen LogP contribution in [0.4, 0.5) is 10.1 Å². The molecule has 1 amide bonds. The fraction of sp³-hybridized carbons (Fsp3) is 0.105. The molecule has 3 rings (SSSR count). The summed E-state index contributed by atoms with van der Waals surface area (Å²) in [4.78, 5) is 28.5. The molecule has 0 unspecified atom stereocenters. The molecule has 0 aliphatic carbocycles. The molecule has 1 aromatic heterocycles. The zero-order chi connectivity index (χ0) is 17.8. The van der Waals surface area contributed by atoms with E-state index < -0.39 is 11.7 Å². The predicted octanol–water partition coefficient (Wildman–Crippen LogP) is 3.00. The van der Waals surface area contributed by atoms with Crippen LogP contribution in [-0.4, -0.2) is 15.5 Å². The molecule has 0 bridgehead atoms. The van der Waals surface area contributed by atoms with Crippen molar-refractivity contribution in [2.75, 3.05) is 5.32 Å². The minimum Gasteiger partial charge on any atom is -0.324 e. The Hall–Kier alpha value is -3.28. The molecular weight excluding hydrogens is 321 g/mol. The first kappa shape index (κ1) is 16.6. The summed E-state index contributed by atoms with van der Waals surface area (Å²) in [6.45, 7) is 1.78. The number of carbonyl (C=O) groups is 1. The molecule has 126 valence electrons. The van der Waals surface area contributed by atoms with Crippen molar-refractivity contribution in [3.8, 4) is 11.3 Å². The molecule has 2 aromatic carbocycles. The maximum atomic E-state index is 13.1. The molecule has 0 saturated heterocycles. The third-order valence-electron chi connectivity index (χ3n) is 3.65. The summed E-state index contributed by atoms with van der Waals surface area (Å²) < 4.78 is 14.3. The molecule has 5 nitrogen and oxygen atoms in total. The summed E-state index contributed by atoms with van der Waals surface area (Å²) in [6, 6.07) is 14.6. The lowest BCUT2D eigenvalue weighted by molar-refractivity contribution is -0.116. The van der Waals surface area contributed by atoms with E-state index in [0.29, 0.717) is 11.4 Å². The number of rotatable bonds is 4. The summed E-state index contributed by atoms with van der Waals surface area (Å²) >= 11 is 0. The Morgan fingerprint density at radius 3 is 2.60 bits per heavy atom. The van der Waals surface area contributed by atoms with Crippen LogP contribution >= 0.6 is 0 Å². The lowest BCUT2D eigenvalue weighted by atomic mass is 10.1. The first-order chi connectivity index (χ1) is 12.0. The Labute approximate surface area is 143 Å². The average Bonchev–Trinajstić information content (AvgIpc) is 2.57. The van der Waals surface area contributed by atoms with Crippen molar-refractivity contribution in [3.05, 3.63) is 82.7 Å². The first-order valence-electron chi connectivity index (χ1n) is 7.70. The molecule has 0 spiro atoms. The molecule has 0 atom stereocenters. The first-order valence-corrected chi connectivity index (χ1v) is 7.70. The molecule has 0 saturated carbocycles. The maximum absolute atomic E-state index is 13.1. The van der Waals surface area contributed by atoms with E-state index in [1.165, 1.54) is 35.2 Å². The summed E-state index contributed by atoms with van der Waals surface area (Å²) in [5, 5.41) is 2.54. The number of benzene rings is 2. The monoisotopic (exact) mass is 337 g/mol.